The van der Waals surface area contributed by atoms with E-state index in [2.05, 4.69) is 25.2 Å². The van der Waals surface area contributed by atoms with Crippen molar-refractivity contribution in [1.29, 1.82) is 0 Å². The molecule has 0 atom stereocenters. The lowest BCUT2D eigenvalue weighted by Crippen LogP contribution is -2.49. The van der Waals surface area contributed by atoms with Crippen LogP contribution < -0.4 is 5.32 Å². The molecule has 0 aliphatic heterocycles. The molecule has 6 nitrogen and oxygen atoms in total. The molecule has 2 aromatic heterocycles. The Balaban J connectivity index is 1.52. The number of benzene rings is 1. The first-order valence-electron chi connectivity index (χ1n) is 9.63. The molecule has 2 heterocycles. The number of nitrogens with zero attached hydrogens (tertiary/aromatic N) is 3. The third-order valence-corrected chi connectivity index (χ3v) is 5.42. The van der Waals surface area contributed by atoms with Gasteiger partial charge >= 0.3 is 5.97 Å². The number of rotatable bonds is 6. The number of anilines is 1. The minimum absolute atomic E-state index is 0.105. The van der Waals surface area contributed by atoms with Crippen LogP contribution in [0.15, 0.2) is 48.7 Å². The van der Waals surface area contributed by atoms with Gasteiger partial charge in [-0.15, -0.1) is 10.2 Å². The molecule has 0 unspecified atom stereocenters. The maximum absolute atomic E-state index is 14.2. The van der Waals surface area contributed by atoms with Crippen molar-refractivity contribution in [2.45, 2.75) is 24.4 Å². The van der Waals surface area contributed by atoms with E-state index in [1.807, 2.05) is 0 Å². The van der Waals surface area contributed by atoms with E-state index >= 15 is 0 Å². The van der Waals surface area contributed by atoms with Crippen LogP contribution in [-0.4, -0.2) is 41.0 Å². The van der Waals surface area contributed by atoms with Crippen LogP contribution in [0.2, 0.25) is 0 Å². The fourth-order valence-corrected chi connectivity index (χ4v) is 3.78. The van der Waals surface area contributed by atoms with Crippen LogP contribution >= 0.6 is 0 Å². The van der Waals surface area contributed by atoms with E-state index in [0.717, 1.165) is 6.07 Å². The highest BCUT2D eigenvalue weighted by molar-refractivity contribution is 5.90. The molecule has 1 N–H and O–H groups in total. The number of pyridine rings is 1. The molecule has 1 aliphatic rings. The maximum atomic E-state index is 14.2. The van der Waals surface area contributed by atoms with Gasteiger partial charge in [-0.2, -0.15) is 0 Å². The molecule has 0 saturated heterocycles. The number of carbonyl (C=O) groups is 1. The smallest absolute Gasteiger partial charge is 0.337 e. The second-order valence-corrected chi connectivity index (χ2v) is 7.46. The van der Waals surface area contributed by atoms with Crippen molar-refractivity contribution in [1.82, 2.24) is 15.2 Å². The van der Waals surface area contributed by atoms with Crippen LogP contribution in [-0.2, 0) is 10.2 Å². The number of hydrogen-bond donors (Lipinski definition) is 1. The minimum Gasteiger partial charge on any atom is -0.465 e. The zero-order valence-corrected chi connectivity index (χ0v) is 16.6. The zero-order valence-electron chi connectivity index (χ0n) is 16.6. The van der Waals surface area contributed by atoms with E-state index in [4.69, 9.17) is 0 Å². The molecule has 0 amide bonds. The lowest BCUT2D eigenvalue weighted by Gasteiger charge is -2.44. The van der Waals surface area contributed by atoms with Gasteiger partial charge < -0.3 is 10.1 Å². The van der Waals surface area contributed by atoms with Gasteiger partial charge in [0.25, 0.3) is 0 Å². The van der Waals surface area contributed by atoms with Gasteiger partial charge in [0.05, 0.1) is 24.1 Å². The quantitative estimate of drug-likeness (QED) is 0.596. The average molecular weight is 428 g/mol. The number of ether oxygens (including phenoxy) is 1. The summed E-state index contributed by atoms with van der Waals surface area (Å²) in [5.41, 5.74) is -0.0258. The van der Waals surface area contributed by atoms with Crippen LogP contribution in [0, 0.1) is 11.6 Å². The molecular formula is C22H19F3N4O2. The summed E-state index contributed by atoms with van der Waals surface area (Å²) in [6.07, 6.45) is 0.787. The maximum Gasteiger partial charge on any atom is 0.337 e. The Bertz CT molecular complexity index is 1100. The largest absolute Gasteiger partial charge is 0.465 e. The number of methoxy groups -OCH3 is 1. The highest BCUT2D eigenvalue weighted by atomic mass is 19.1. The summed E-state index contributed by atoms with van der Waals surface area (Å²) < 4.78 is 46.8. The van der Waals surface area contributed by atoms with Crippen molar-refractivity contribution in [3.63, 3.8) is 0 Å². The van der Waals surface area contributed by atoms with Crippen molar-refractivity contribution < 1.29 is 22.7 Å². The molecule has 160 valence electrons. The normalized spacial score (nSPS) is 20.1. The van der Waals surface area contributed by atoms with Crippen LogP contribution in [0.1, 0.15) is 28.9 Å². The highest BCUT2D eigenvalue weighted by Gasteiger charge is 2.48. The third kappa shape index (κ3) is 4.08. The first-order valence-corrected chi connectivity index (χ1v) is 9.63. The van der Waals surface area contributed by atoms with Crippen molar-refractivity contribution in [2.75, 3.05) is 19.0 Å². The summed E-state index contributed by atoms with van der Waals surface area (Å²) in [7, 11) is 1.24. The first kappa shape index (κ1) is 20.8. The van der Waals surface area contributed by atoms with Gasteiger partial charge in [-0.3, -0.25) is 4.98 Å². The Morgan fingerprint density at radius 1 is 1.16 bits per heavy atom. The topological polar surface area (TPSA) is 77.0 Å². The van der Waals surface area contributed by atoms with Gasteiger partial charge in [0, 0.05) is 23.7 Å². The lowest BCUT2D eigenvalue weighted by atomic mass is 9.65. The number of nitrogens with one attached hydrogen (secondary N) is 1. The fraction of sp³-hybridized carbons (Fsp3) is 0.273. The van der Waals surface area contributed by atoms with Crippen LogP contribution in [0.5, 0.6) is 0 Å². The molecule has 3 aromatic rings. The molecule has 0 bridgehead atoms. The molecule has 1 aromatic carbocycles. The number of hydrogen-bond acceptors (Lipinski definition) is 6. The summed E-state index contributed by atoms with van der Waals surface area (Å²) in [4.78, 5) is 15.8. The Kier molecular flexibility index (Phi) is 5.58. The van der Waals surface area contributed by atoms with Gasteiger partial charge in [-0.25, -0.2) is 18.0 Å². The SMILES string of the molecule is COC(=O)c1ccc(F)c(-c2ccc(NC[C@]3(c4ncccc4F)C[C@H](F)C3)nn2)c1. The molecule has 31 heavy (non-hydrogen) atoms. The van der Waals surface area contributed by atoms with Crippen LogP contribution in [0.4, 0.5) is 19.0 Å². The van der Waals surface area contributed by atoms with Gasteiger partial charge in [0.2, 0.25) is 0 Å². The molecule has 4 rings (SSSR count). The lowest BCUT2D eigenvalue weighted by molar-refractivity contribution is 0.0600. The second kappa shape index (κ2) is 8.33. The summed E-state index contributed by atoms with van der Waals surface area (Å²) in [5, 5.41) is 11.1. The molecule has 1 aliphatic carbocycles. The van der Waals surface area contributed by atoms with Crippen molar-refractivity contribution in [3.8, 4) is 11.3 Å². The van der Waals surface area contributed by atoms with E-state index in [0.29, 0.717) is 5.82 Å². The first-order chi connectivity index (χ1) is 14.9. The number of halogens is 3. The Labute approximate surface area is 176 Å². The van der Waals surface area contributed by atoms with Crippen molar-refractivity contribution in [2.24, 2.45) is 0 Å². The molecule has 0 radical (unpaired) electrons. The number of alkyl halides is 1. The molecular weight excluding hydrogens is 409 g/mol. The molecule has 1 saturated carbocycles. The molecule has 9 heteroatoms. The standard InChI is InChI=1S/C22H19F3N4O2/c1-31-21(30)13-4-5-16(24)15(9-13)18-6-7-19(29-28-18)27-12-22(10-14(23)11-22)20-17(25)3-2-8-26-20/h2-9,14H,10-12H2,1H3,(H,27,29)/t14-,22-. The predicted molar refractivity (Wildman–Crippen MR) is 107 cm³/mol. The van der Waals surface area contributed by atoms with Gasteiger partial charge in [-0.05, 0) is 55.3 Å². The molecule has 0 spiro atoms. The van der Waals surface area contributed by atoms with E-state index in [1.54, 1.807) is 12.1 Å². The highest BCUT2D eigenvalue weighted by Crippen LogP contribution is 2.45. The fourth-order valence-electron chi connectivity index (χ4n) is 3.78. The zero-order chi connectivity index (χ0) is 22.0. The summed E-state index contributed by atoms with van der Waals surface area (Å²) in [5.74, 6) is -1.26. The van der Waals surface area contributed by atoms with Crippen molar-refractivity contribution >= 4 is 11.8 Å². The Morgan fingerprint density at radius 3 is 2.61 bits per heavy atom. The average Bonchev–Trinajstić information content (AvgIpc) is 2.76. The monoisotopic (exact) mass is 428 g/mol. The van der Waals surface area contributed by atoms with Gasteiger partial charge in [0.1, 0.15) is 23.6 Å². The van der Waals surface area contributed by atoms with E-state index in [-0.39, 0.29) is 41.9 Å². The third-order valence-electron chi connectivity index (χ3n) is 5.42. The summed E-state index contributed by atoms with van der Waals surface area (Å²) in [6.45, 7) is 0.224. The number of aromatic nitrogens is 3. The number of carbonyl (C=O) groups excluding carboxylic acids is 1. The van der Waals surface area contributed by atoms with E-state index < -0.39 is 29.2 Å². The summed E-state index contributed by atoms with van der Waals surface area (Å²) in [6, 6.07) is 9.74. The van der Waals surface area contributed by atoms with Crippen molar-refractivity contribution in [3.05, 3.63) is 71.6 Å². The second-order valence-electron chi connectivity index (χ2n) is 7.46. The predicted octanol–water partition coefficient (Wildman–Crippen LogP) is 4.09. The molecule has 1 fully saturated rings. The Morgan fingerprint density at radius 2 is 1.97 bits per heavy atom. The van der Waals surface area contributed by atoms with Gasteiger partial charge in [0.15, 0.2) is 0 Å². The number of esters is 1. The Hall–Kier alpha value is -3.49. The van der Waals surface area contributed by atoms with E-state index in [9.17, 15) is 18.0 Å². The van der Waals surface area contributed by atoms with E-state index in [1.165, 1.54) is 37.6 Å². The van der Waals surface area contributed by atoms with Gasteiger partial charge in [-0.1, -0.05) is 0 Å². The van der Waals surface area contributed by atoms with Crippen LogP contribution in [0.25, 0.3) is 11.3 Å². The minimum atomic E-state index is -1.01. The van der Waals surface area contributed by atoms with Crippen LogP contribution in [0.3, 0.4) is 0 Å². The summed E-state index contributed by atoms with van der Waals surface area (Å²) >= 11 is 0.